The Morgan fingerprint density at radius 1 is 1.30 bits per heavy atom. The van der Waals surface area contributed by atoms with Crippen LogP contribution >= 0.6 is 0 Å². The highest BCUT2D eigenvalue weighted by Crippen LogP contribution is 2.19. The van der Waals surface area contributed by atoms with E-state index in [0.717, 1.165) is 31.7 Å². The van der Waals surface area contributed by atoms with Crippen LogP contribution < -0.4 is 5.73 Å². The highest BCUT2D eigenvalue weighted by Gasteiger charge is 2.19. The number of rotatable bonds is 4. The predicted octanol–water partition coefficient (Wildman–Crippen LogP) is 0.918. The lowest BCUT2D eigenvalue weighted by molar-refractivity contribution is -0.133. The number of nitrogens with zero attached hydrogens (tertiary/aromatic N) is 3. The summed E-state index contributed by atoms with van der Waals surface area (Å²) in [4.78, 5) is 16.4. The van der Waals surface area contributed by atoms with Crippen LogP contribution in [-0.2, 0) is 11.3 Å². The van der Waals surface area contributed by atoms with Gasteiger partial charge in [0.15, 0.2) is 0 Å². The van der Waals surface area contributed by atoms with Crippen LogP contribution in [0, 0.1) is 5.92 Å². The van der Waals surface area contributed by atoms with Crippen LogP contribution in [0.2, 0.25) is 0 Å². The van der Waals surface area contributed by atoms with E-state index < -0.39 is 0 Å². The van der Waals surface area contributed by atoms with E-state index in [-0.39, 0.29) is 11.9 Å². The quantitative estimate of drug-likeness (QED) is 0.891. The summed E-state index contributed by atoms with van der Waals surface area (Å²) in [5.74, 6) is 0.595. The lowest BCUT2D eigenvalue weighted by Gasteiger charge is -2.32. The number of carbonyl (C=O) groups is 1. The average molecular weight is 278 g/mol. The van der Waals surface area contributed by atoms with Crippen molar-refractivity contribution in [2.45, 2.75) is 26.4 Å². The van der Waals surface area contributed by atoms with E-state index in [9.17, 15) is 4.79 Å². The zero-order valence-electron chi connectivity index (χ0n) is 12.7. The van der Waals surface area contributed by atoms with E-state index in [1.165, 1.54) is 0 Å². The van der Waals surface area contributed by atoms with Crippen LogP contribution in [-0.4, -0.2) is 53.5 Å². The third-order valence-electron chi connectivity index (χ3n) is 4.05. The Labute approximate surface area is 121 Å². The molecule has 0 bridgehead atoms. The van der Waals surface area contributed by atoms with Crippen LogP contribution in [0.3, 0.4) is 0 Å². The minimum atomic E-state index is 0.0370. The predicted molar refractivity (Wildman–Crippen MR) is 80.3 cm³/mol. The van der Waals surface area contributed by atoms with Crippen molar-refractivity contribution >= 4 is 5.91 Å². The summed E-state index contributed by atoms with van der Waals surface area (Å²) in [6.45, 7) is 8.20. The highest BCUT2D eigenvalue weighted by atomic mass is 16.2. The van der Waals surface area contributed by atoms with Gasteiger partial charge in [-0.3, -0.25) is 4.79 Å². The molecule has 5 heteroatoms. The van der Waals surface area contributed by atoms with Crippen molar-refractivity contribution in [2.24, 2.45) is 11.7 Å². The standard InChI is InChI=1S/C15H26N4O/c1-12(2)15(16)13-4-5-18(10-13)11-14(20)19-8-6-17(3)7-9-19/h4-5,10,12,15H,6-9,11,16H2,1-3H3. The minimum Gasteiger partial charge on any atom is -0.345 e. The van der Waals surface area contributed by atoms with Gasteiger partial charge in [-0.1, -0.05) is 13.8 Å². The van der Waals surface area contributed by atoms with Gasteiger partial charge in [-0.25, -0.2) is 0 Å². The third-order valence-corrected chi connectivity index (χ3v) is 4.05. The van der Waals surface area contributed by atoms with Gasteiger partial charge in [0.05, 0.1) is 0 Å². The first-order chi connectivity index (χ1) is 9.47. The maximum absolute atomic E-state index is 12.2. The molecule has 1 aliphatic rings. The number of likely N-dealkylation sites (N-methyl/N-ethyl adjacent to an activating group) is 1. The van der Waals surface area contributed by atoms with Crippen LogP contribution in [0.4, 0.5) is 0 Å². The molecular formula is C15H26N4O. The zero-order valence-corrected chi connectivity index (χ0v) is 12.7. The summed E-state index contributed by atoms with van der Waals surface area (Å²) >= 11 is 0. The molecule has 1 aliphatic heterocycles. The van der Waals surface area contributed by atoms with E-state index in [0.29, 0.717) is 12.5 Å². The normalized spacial score (nSPS) is 18.6. The van der Waals surface area contributed by atoms with Crippen molar-refractivity contribution in [3.8, 4) is 0 Å². The van der Waals surface area contributed by atoms with Crippen LogP contribution in [0.5, 0.6) is 0 Å². The van der Waals surface area contributed by atoms with Crippen LogP contribution in [0.15, 0.2) is 18.5 Å². The summed E-state index contributed by atoms with van der Waals surface area (Å²) in [5, 5.41) is 0. The fraction of sp³-hybridized carbons (Fsp3) is 0.667. The van der Waals surface area contributed by atoms with Gasteiger partial charge in [-0.05, 0) is 24.6 Å². The second-order valence-electron chi connectivity index (χ2n) is 6.07. The molecule has 0 aromatic carbocycles. The van der Waals surface area contributed by atoms with Gasteiger partial charge in [-0.15, -0.1) is 0 Å². The van der Waals surface area contributed by atoms with Crippen molar-refractivity contribution < 1.29 is 4.79 Å². The summed E-state index contributed by atoms with van der Waals surface area (Å²) in [5.41, 5.74) is 7.23. The molecule has 2 heterocycles. The molecule has 0 saturated carbocycles. The van der Waals surface area contributed by atoms with Gasteiger partial charge in [0, 0.05) is 44.6 Å². The van der Waals surface area contributed by atoms with Crippen molar-refractivity contribution in [2.75, 3.05) is 33.2 Å². The van der Waals surface area contributed by atoms with Gasteiger partial charge in [0.1, 0.15) is 6.54 Å². The Kier molecular flexibility index (Phi) is 4.83. The van der Waals surface area contributed by atoms with Crippen molar-refractivity contribution in [3.05, 3.63) is 24.0 Å². The van der Waals surface area contributed by atoms with Gasteiger partial charge >= 0.3 is 0 Å². The van der Waals surface area contributed by atoms with E-state index in [1.54, 1.807) is 0 Å². The second kappa shape index (κ2) is 6.41. The van der Waals surface area contributed by atoms with Gasteiger partial charge in [0.2, 0.25) is 5.91 Å². The largest absolute Gasteiger partial charge is 0.345 e. The maximum atomic E-state index is 12.2. The monoisotopic (exact) mass is 278 g/mol. The topological polar surface area (TPSA) is 54.5 Å². The molecule has 112 valence electrons. The molecule has 1 amide bonds. The number of piperazine rings is 1. The Morgan fingerprint density at radius 3 is 2.55 bits per heavy atom. The molecule has 1 atom stereocenters. The van der Waals surface area contributed by atoms with Crippen LogP contribution in [0.1, 0.15) is 25.5 Å². The number of carbonyl (C=O) groups excluding carboxylic acids is 1. The lowest BCUT2D eigenvalue weighted by Crippen LogP contribution is -2.48. The number of hydrogen-bond acceptors (Lipinski definition) is 3. The Morgan fingerprint density at radius 2 is 1.95 bits per heavy atom. The molecule has 2 rings (SSSR count). The van der Waals surface area contributed by atoms with E-state index >= 15 is 0 Å². The summed E-state index contributed by atoms with van der Waals surface area (Å²) in [7, 11) is 2.09. The van der Waals surface area contributed by atoms with Crippen LogP contribution in [0.25, 0.3) is 0 Å². The fourth-order valence-electron chi connectivity index (χ4n) is 2.45. The first-order valence-corrected chi connectivity index (χ1v) is 7.35. The fourth-order valence-corrected chi connectivity index (χ4v) is 2.45. The Bertz CT molecular complexity index is 446. The summed E-state index contributed by atoms with van der Waals surface area (Å²) in [6, 6.07) is 2.05. The Hall–Kier alpha value is -1.33. The van der Waals surface area contributed by atoms with Gasteiger partial charge < -0.3 is 20.1 Å². The average Bonchev–Trinajstić information content (AvgIpc) is 2.86. The summed E-state index contributed by atoms with van der Waals surface area (Å²) < 4.78 is 1.94. The van der Waals surface area contributed by atoms with Crippen molar-refractivity contribution in [3.63, 3.8) is 0 Å². The number of hydrogen-bond donors (Lipinski definition) is 1. The summed E-state index contributed by atoms with van der Waals surface area (Å²) in [6.07, 6.45) is 3.95. The molecule has 5 nitrogen and oxygen atoms in total. The zero-order chi connectivity index (χ0) is 14.7. The first-order valence-electron chi connectivity index (χ1n) is 7.35. The third kappa shape index (κ3) is 3.61. The second-order valence-corrected chi connectivity index (χ2v) is 6.07. The molecule has 0 aliphatic carbocycles. The molecule has 1 unspecified atom stereocenters. The van der Waals surface area contributed by atoms with Crippen molar-refractivity contribution in [1.82, 2.24) is 14.4 Å². The Balaban J connectivity index is 1.91. The molecule has 0 radical (unpaired) electrons. The van der Waals surface area contributed by atoms with E-state index in [1.807, 2.05) is 27.9 Å². The van der Waals surface area contributed by atoms with Gasteiger partial charge in [0.25, 0.3) is 0 Å². The number of amides is 1. The lowest BCUT2D eigenvalue weighted by atomic mass is 10.00. The van der Waals surface area contributed by atoms with Gasteiger partial charge in [-0.2, -0.15) is 0 Å². The molecule has 1 aromatic heterocycles. The van der Waals surface area contributed by atoms with E-state index in [2.05, 4.69) is 25.8 Å². The first kappa shape index (κ1) is 15.1. The highest BCUT2D eigenvalue weighted by molar-refractivity contribution is 5.76. The molecular weight excluding hydrogens is 252 g/mol. The smallest absolute Gasteiger partial charge is 0.242 e. The molecule has 20 heavy (non-hydrogen) atoms. The molecule has 1 saturated heterocycles. The SMILES string of the molecule is CC(C)C(N)c1ccn(CC(=O)N2CCN(C)CC2)c1. The molecule has 1 aromatic rings. The molecule has 0 spiro atoms. The van der Waals surface area contributed by atoms with Crippen molar-refractivity contribution in [1.29, 1.82) is 0 Å². The molecule has 1 fully saturated rings. The van der Waals surface area contributed by atoms with E-state index in [4.69, 9.17) is 5.73 Å². The number of aromatic nitrogens is 1. The molecule has 2 N–H and O–H groups in total. The minimum absolute atomic E-state index is 0.0370. The maximum Gasteiger partial charge on any atom is 0.242 e. The number of nitrogens with two attached hydrogens (primary N) is 1.